The van der Waals surface area contributed by atoms with E-state index in [0.29, 0.717) is 59.6 Å². The summed E-state index contributed by atoms with van der Waals surface area (Å²) in [6.45, 7) is 3.31. The molecule has 1 unspecified atom stereocenters. The molecule has 0 radical (unpaired) electrons. The predicted octanol–water partition coefficient (Wildman–Crippen LogP) is 5.74. The van der Waals surface area contributed by atoms with E-state index >= 15 is 0 Å². The number of nitrogens with one attached hydrogen (secondary N) is 4. The molecule has 0 bridgehead atoms. The molecule has 15 heteroatoms. The van der Waals surface area contributed by atoms with Crippen LogP contribution >= 0.6 is 0 Å². The standard InChI is InChI=1S/C48H59N9O6/c1-4-38-47(62)55(2)40-28-50-48(54-43(40)57(38)34-15-9-10-16-34)52-37-23-18-31(27-41(37)63-3)44(59)51-33-21-19-32(20-22-33)49-26-11-7-5-6-8-13-30-14-12-17-35-36(30)29-56(46(35)61)39-24-25-42(58)53-45(39)60/h12,14,17-18,23,27-28,32-34,38-39,49H,4-7,9-11,15-16,19-22,24-26,29H2,1-3H3,(H,51,59)(H,50,52,54)(H,53,58,60)/t32?,33?,38-,39?/m1/s1. The number of anilines is 4. The molecule has 4 heterocycles. The number of amides is 5. The van der Waals surface area contributed by atoms with Crippen molar-refractivity contribution in [2.24, 2.45) is 0 Å². The van der Waals surface area contributed by atoms with E-state index in [-0.39, 0.29) is 48.2 Å². The lowest BCUT2D eigenvalue weighted by atomic mass is 9.91. The fraction of sp³-hybridized carbons (Fsp3) is 0.521. The van der Waals surface area contributed by atoms with Crippen molar-refractivity contribution in [1.82, 2.24) is 30.8 Å². The van der Waals surface area contributed by atoms with Crippen LogP contribution in [0.4, 0.5) is 23.1 Å². The van der Waals surface area contributed by atoms with E-state index in [0.717, 1.165) is 101 Å². The van der Waals surface area contributed by atoms with Crippen molar-refractivity contribution < 1.29 is 28.7 Å². The van der Waals surface area contributed by atoms with E-state index < -0.39 is 11.9 Å². The minimum Gasteiger partial charge on any atom is -0.495 e. The Labute approximate surface area is 369 Å². The molecule has 2 saturated carbocycles. The van der Waals surface area contributed by atoms with Crippen molar-refractivity contribution in [1.29, 1.82) is 0 Å². The first kappa shape index (κ1) is 43.6. The number of methoxy groups -OCH3 is 1. The van der Waals surface area contributed by atoms with Gasteiger partial charge in [0, 0.05) is 61.2 Å². The third kappa shape index (κ3) is 9.51. The number of aromatic nitrogens is 2. The van der Waals surface area contributed by atoms with Gasteiger partial charge in [-0.25, -0.2) is 4.98 Å². The number of hydrogen-bond donors (Lipinski definition) is 4. The summed E-state index contributed by atoms with van der Waals surface area (Å²) < 4.78 is 5.72. The predicted molar refractivity (Wildman–Crippen MR) is 240 cm³/mol. The Bertz CT molecular complexity index is 2290. The summed E-state index contributed by atoms with van der Waals surface area (Å²) in [7, 11) is 3.37. The summed E-state index contributed by atoms with van der Waals surface area (Å²) in [6.07, 6.45) is 15.0. The second-order valence-electron chi connectivity index (χ2n) is 17.4. The third-order valence-electron chi connectivity index (χ3n) is 13.4. The monoisotopic (exact) mass is 857 g/mol. The number of unbranched alkanes of at least 4 members (excludes halogenated alkanes) is 3. The Kier molecular flexibility index (Phi) is 13.6. The number of hydrogen-bond acceptors (Lipinski definition) is 11. The third-order valence-corrected chi connectivity index (χ3v) is 13.4. The van der Waals surface area contributed by atoms with Crippen LogP contribution in [0, 0.1) is 11.8 Å². The lowest BCUT2D eigenvalue weighted by Crippen LogP contribution is -2.55. The molecule has 1 aromatic heterocycles. The van der Waals surface area contributed by atoms with Crippen LogP contribution in [0.25, 0.3) is 0 Å². The minimum absolute atomic E-state index is 0.0724. The summed E-state index contributed by atoms with van der Waals surface area (Å²) in [5.74, 6) is 7.27. The highest BCUT2D eigenvalue weighted by Gasteiger charge is 2.42. The van der Waals surface area contributed by atoms with Crippen molar-refractivity contribution >= 4 is 52.7 Å². The van der Waals surface area contributed by atoms with Gasteiger partial charge in [0.2, 0.25) is 23.7 Å². The SMILES string of the molecule is CC[C@@H]1C(=O)N(C)c2cnc(Nc3ccc(C(=O)NC4CCC(NCCCCCC#Cc5cccc6c5CN(C5CCC(=O)NC5=O)C6=O)CC4)cc3OC)nc2N1C1CCCC1. The molecule has 5 amide bonds. The number of fused-ring (bicyclic) bond motifs is 2. The molecule has 3 aromatic rings. The van der Waals surface area contributed by atoms with Gasteiger partial charge in [-0.3, -0.25) is 29.3 Å². The average Bonchev–Trinajstić information content (AvgIpc) is 3.95. The zero-order chi connectivity index (χ0) is 44.0. The molecule has 3 aliphatic heterocycles. The van der Waals surface area contributed by atoms with Gasteiger partial charge in [-0.2, -0.15) is 4.98 Å². The molecule has 8 rings (SSSR count). The van der Waals surface area contributed by atoms with Gasteiger partial charge < -0.3 is 35.4 Å². The van der Waals surface area contributed by atoms with Crippen molar-refractivity contribution in [2.45, 2.75) is 140 Å². The maximum Gasteiger partial charge on any atom is 0.255 e. The Morgan fingerprint density at radius 1 is 0.968 bits per heavy atom. The number of imide groups is 1. The molecular weight excluding hydrogens is 799 g/mol. The fourth-order valence-electron chi connectivity index (χ4n) is 9.89. The quantitative estimate of drug-likeness (QED) is 0.0884. The van der Waals surface area contributed by atoms with Crippen molar-refractivity contribution in [3.05, 3.63) is 64.8 Å². The first-order valence-electron chi connectivity index (χ1n) is 22.8. The van der Waals surface area contributed by atoms with Gasteiger partial charge in [-0.15, -0.1) is 0 Å². The largest absolute Gasteiger partial charge is 0.495 e. The number of piperidine rings is 1. The van der Waals surface area contributed by atoms with Crippen LogP contribution in [0.5, 0.6) is 5.75 Å². The lowest BCUT2D eigenvalue weighted by Gasteiger charge is -2.43. The van der Waals surface area contributed by atoms with Gasteiger partial charge in [-0.1, -0.05) is 44.1 Å². The van der Waals surface area contributed by atoms with E-state index in [1.54, 1.807) is 48.4 Å². The fourth-order valence-corrected chi connectivity index (χ4v) is 9.89. The molecule has 2 atom stereocenters. The summed E-state index contributed by atoms with van der Waals surface area (Å²) >= 11 is 0. The van der Waals surface area contributed by atoms with Crippen LogP contribution in [0.1, 0.15) is 135 Å². The number of likely N-dealkylation sites (N-methyl/N-ethyl adjacent to an activating group) is 1. The molecule has 63 heavy (non-hydrogen) atoms. The average molecular weight is 858 g/mol. The Morgan fingerprint density at radius 3 is 2.52 bits per heavy atom. The van der Waals surface area contributed by atoms with Gasteiger partial charge in [0.05, 0.1) is 19.0 Å². The highest BCUT2D eigenvalue weighted by molar-refractivity contribution is 6.06. The maximum absolute atomic E-state index is 13.4. The maximum atomic E-state index is 13.4. The molecule has 1 saturated heterocycles. The van der Waals surface area contributed by atoms with E-state index in [1.165, 1.54) is 0 Å². The van der Waals surface area contributed by atoms with Crippen LogP contribution in [-0.4, -0.2) is 95.3 Å². The Morgan fingerprint density at radius 2 is 1.76 bits per heavy atom. The normalized spacial score (nSPS) is 22.3. The van der Waals surface area contributed by atoms with Crippen LogP contribution < -0.4 is 35.8 Å². The summed E-state index contributed by atoms with van der Waals surface area (Å²) in [6, 6.07) is 10.8. The first-order chi connectivity index (χ1) is 30.6. The number of benzene rings is 2. The number of carbonyl (C=O) groups excluding carboxylic acids is 5. The molecule has 15 nitrogen and oxygen atoms in total. The van der Waals surface area contributed by atoms with E-state index in [4.69, 9.17) is 9.72 Å². The van der Waals surface area contributed by atoms with Crippen LogP contribution in [0.15, 0.2) is 42.6 Å². The zero-order valence-corrected chi connectivity index (χ0v) is 36.6. The van der Waals surface area contributed by atoms with E-state index in [1.807, 2.05) is 25.1 Å². The van der Waals surface area contributed by atoms with Crippen LogP contribution in [0.3, 0.4) is 0 Å². The molecule has 4 N–H and O–H groups in total. The highest BCUT2D eigenvalue weighted by atomic mass is 16.5. The van der Waals surface area contributed by atoms with Crippen LogP contribution in [0.2, 0.25) is 0 Å². The van der Waals surface area contributed by atoms with Crippen molar-refractivity contribution in [3.63, 3.8) is 0 Å². The van der Waals surface area contributed by atoms with Gasteiger partial charge in [0.15, 0.2) is 5.82 Å². The van der Waals surface area contributed by atoms with Crippen molar-refractivity contribution in [2.75, 3.05) is 35.8 Å². The highest BCUT2D eigenvalue weighted by Crippen LogP contribution is 2.40. The summed E-state index contributed by atoms with van der Waals surface area (Å²) in [4.78, 5) is 78.8. The van der Waals surface area contributed by atoms with Crippen molar-refractivity contribution in [3.8, 4) is 17.6 Å². The lowest BCUT2D eigenvalue weighted by molar-refractivity contribution is -0.137. The van der Waals surface area contributed by atoms with Gasteiger partial charge >= 0.3 is 0 Å². The molecular formula is C48H59N9O6. The number of ether oxygens (including phenoxy) is 1. The zero-order valence-electron chi connectivity index (χ0n) is 36.6. The number of nitrogens with zero attached hydrogens (tertiary/aromatic N) is 5. The molecule has 5 aliphatic rings. The second-order valence-corrected chi connectivity index (χ2v) is 17.4. The van der Waals surface area contributed by atoms with E-state index in [9.17, 15) is 24.0 Å². The molecule has 3 fully saturated rings. The Balaban J connectivity index is 0.758. The second kappa shape index (κ2) is 19.6. The molecule has 2 aliphatic carbocycles. The number of carbonyl (C=O) groups is 5. The first-order valence-corrected chi connectivity index (χ1v) is 22.8. The van der Waals surface area contributed by atoms with Gasteiger partial charge in [0.25, 0.3) is 11.8 Å². The number of rotatable bonds is 14. The smallest absolute Gasteiger partial charge is 0.255 e. The Hall–Kier alpha value is -6.01. The minimum atomic E-state index is -0.637. The molecule has 332 valence electrons. The van der Waals surface area contributed by atoms with E-state index in [2.05, 4.69) is 43.0 Å². The van der Waals surface area contributed by atoms with Crippen LogP contribution in [-0.2, 0) is 20.9 Å². The summed E-state index contributed by atoms with van der Waals surface area (Å²) in [5, 5.41) is 12.6. The van der Waals surface area contributed by atoms with Gasteiger partial charge in [0.1, 0.15) is 23.5 Å². The topological polar surface area (TPSA) is 178 Å². The summed E-state index contributed by atoms with van der Waals surface area (Å²) in [5.41, 5.74) is 4.12. The van der Waals surface area contributed by atoms with Gasteiger partial charge in [-0.05, 0) is 107 Å². The molecule has 2 aromatic carbocycles. The molecule has 0 spiro atoms.